The summed E-state index contributed by atoms with van der Waals surface area (Å²) in [7, 11) is 0. The molecule has 2 unspecified atom stereocenters. The van der Waals surface area contributed by atoms with Gasteiger partial charge in [0.1, 0.15) is 0 Å². The van der Waals surface area contributed by atoms with Gasteiger partial charge in [-0.15, -0.1) is 0 Å². The van der Waals surface area contributed by atoms with Crippen LogP contribution in [0, 0.1) is 5.92 Å². The van der Waals surface area contributed by atoms with Crippen molar-refractivity contribution in [1.29, 1.82) is 0 Å². The van der Waals surface area contributed by atoms with Crippen molar-refractivity contribution in [1.82, 2.24) is 10.2 Å². The van der Waals surface area contributed by atoms with Gasteiger partial charge in [-0.1, -0.05) is 48.0 Å². The molecule has 2 nitrogen and oxygen atoms in total. The van der Waals surface area contributed by atoms with Gasteiger partial charge in [0.2, 0.25) is 0 Å². The minimum atomic E-state index is 0.455. The normalized spacial score (nSPS) is 21.7. The average molecular weight is 325 g/mol. The molecule has 0 aromatic heterocycles. The van der Waals surface area contributed by atoms with E-state index in [1.807, 2.05) is 0 Å². The van der Waals surface area contributed by atoms with Crippen LogP contribution in [0.3, 0.4) is 0 Å². The van der Waals surface area contributed by atoms with Gasteiger partial charge in [-0.2, -0.15) is 0 Å². The van der Waals surface area contributed by atoms with E-state index in [0.717, 1.165) is 12.5 Å². The van der Waals surface area contributed by atoms with E-state index in [0.29, 0.717) is 6.04 Å². The van der Waals surface area contributed by atoms with Gasteiger partial charge >= 0.3 is 0 Å². The van der Waals surface area contributed by atoms with E-state index in [4.69, 9.17) is 0 Å². The van der Waals surface area contributed by atoms with Crippen molar-refractivity contribution in [3.05, 3.63) is 34.3 Å². The molecule has 0 amide bonds. The monoisotopic (exact) mass is 324 g/mol. The minimum Gasteiger partial charge on any atom is -0.310 e. The molecule has 1 aromatic carbocycles. The van der Waals surface area contributed by atoms with Gasteiger partial charge in [-0.25, -0.2) is 0 Å². The van der Waals surface area contributed by atoms with Crippen LogP contribution in [0.1, 0.15) is 38.3 Å². The average Bonchev–Trinajstić information content (AvgIpc) is 2.81. The zero-order valence-corrected chi connectivity index (χ0v) is 13.6. The van der Waals surface area contributed by atoms with Gasteiger partial charge in [0, 0.05) is 17.1 Å². The third-order valence-electron chi connectivity index (χ3n) is 3.97. The summed E-state index contributed by atoms with van der Waals surface area (Å²) in [4.78, 5) is 2.60. The van der Waals surface area contributed by atoms with Crippen LogP contribution in [0.15, 0.2) is 28.7 Å². The molecule has 1 aromatic rings. The molecule has 0 radical (unpaired) electrons. The van der Waals surface area contributed by atoms with Crippen LogP contribution >= 0.6 is 15.9 Å². The molecule has 1 saturated heterocycles. The highest BCUT2D eigenvalue weighted by Crippen LogP contribution is 2.26. The summed E-state index contributed by atoms with van der Waals surface area (Å²) in [6.07, 6.45) is 2.55. The first-order chi connectivity index (χ1) is 9.20. The first kappa shape index (κ1) is 15.0. The molecular formula is C16H25BrN2. The first-order valence-electron chi connectivity index (χ1n) is 7.41. The molecule has 1 aliphatic heterocycles. The standard InChI is InChI=1S/C16H25BrN2/c1-3-18-16(14-6-4-5-7-15(14)17)9-11-19-10-8-13(2)12-19/h4-7,13,16,18H,3,8-12H2,1-2H3. The maximum atomic E-state index is 3.68. The molecule has 2 atom stereocenters. The van der Waals surface area contributed by atoms with Crippen molar-refractivity contribution in [2.45, 2.75) is 32.7 Å². The lowest BCUT2D eigenvalue weighted by atomic mass is 10.0. The Morgan fingerprint density at radius 2 is 2.21 bits per heavy atom. The molecule has 2 rings (SSSR count). The maximum Gasteiger partial charge on any atom is 0.0343 e. The molecule has 0 aliphatic carbocycles. The molecule has 1 fully saturated rings. The highest BCUT2D eigenvalue weighted by Gasteiger charge is 2.20. The van der Waals surface area contributed by atoms with Crippen LogP contribution in [-0.2, 0) is 0 Å². The number of hydrogen-bond donors (Lipinski definition) is 1. The Balaban J connectivity index is 1.94. The fraction of sp³-hybridized carbons (Fsp3) is 0.625. The third kappa shape index (κ3) is 4.30. The van der Waals surface area contributed by atoms with Crippen molar-refractivity contribution in [2.75, 3.05) is 26.2 Å². The summed E-state index contributed by atoms with van der Waals surface area (Å²) in [5.41, 5.74) is 1.39. The van der Waals surface area contributed by atoms with Crippen LogP contribution in [0.5, 0.6) is 0 Å². The summed E-state index contributed by atoms with van der Waals surface area (Å²) >= 11 is 3.68. The number of nitrogens with one attached hydrogen (secondary N) is 1. The second-order valence-electron chi connectivity index (χ2n) is 5.61. The Morgan fingerprint density at radius 3 is 2.84 bits per heavy atom. The van der Waals surface area contributed by atoms with E-state index in [-0.39, 0.29) is 0 Å². The summed E-state index contributed by atoms with van der Waals surface area (Å²) in [5, 5.41) is 3.62. The lowest BCUT2D eigenvalue weighted by molar-refractivity contribution is 0.302. The summed E-state index contributed by atoms with van der Waals surface area (Å²) < 4.78 is 1.22. The molecular weight excluding hydrogens is 300 g/mol. The molecule has 0 saturated carbocycles. The van der Waals surface area contributed by atoms with Gasteiger partial charge in [0.15, 0.2) is 0 Å². The second-order valence-corrected chi connectivity index (χ2v) is 6.47. The largest absolute Gasteiger partial charge is 0.310 e. The minimum absolute atomic E-state index is 0.455. The Bertz CT molecular complexity index is 394. The van der Waals surface area contributed by atoms with E-state index in [9.17, 15) is 0 Å². The van der Waals surface area contributed by atoms with Crippen molar-refractivity contribution >= 4 is 15.9 Å². The Morgan fingerprint density at radius 1 is 1.42 bits per heavy atom. The van der Waals surface area contributed by atoms with Gasteiger partial charge in [-0.05, 0) is 50.0 Å². The van der Waals surface area contributed by atoms with Crippen LogP contribution in [0.4, 0.5) is 0 Å². The number of nitrogens with zero attached hydrogens (tertiary/aromatic N) is 1. The molecule has 106 valence electrons. The van der Waals surface area contributed by atoms with Crippen LogP contribution in [0.25, 0.3) is 0 Å². The predicted octanol–water partition coefficient (Wildman–Crippen LogP) is 3.83. The quantitative estimate of drug-likeness (QED) is 0.855. The summed E-state index contributed by atoms with van der Waals surface area (Å²) in [6.45, 7) is 9.30. The van der Waals surface area contributed by atoms with Crippen LogP contribution in [-0.4, -0.2) is 31.1 Å². The number of hydrogen-bond acceptors (Lipinski definition) is 2. The Hall–Kier alpha value is -0.380. The van der Waals surface area contributed by atoms with E-state index in [2.05, 4.69) is 64.3 Å². The van der Waals surface area contributed by atoms with Crippen molar-refractivity contribution in [3.63, 3.8) is 0 Å². The maximum absolute atomic E-state index is 3.68. The SMILES string of the molecule is CCNC(CCN1CCC(C)C1)c1ccccc1Br. The van der Waals surface area contributed by atoms with Crippen LogP contribution in [0.2, 0.25) is 0 Å². The van der Waals surface area contributed by atoms with Crippen molar-refractivity contribution < 1.29 is 0 Å². The molecule has 1 aliphatic rings. The summed E-state index contributed by atoms with van der Waals surface area (Å²) in [6, 6.07) is 9.03. The van der Waals surface area contributed by atoms with E-state index in [1.54, 1.807) is 0 Å². The van der Waals surface area contributed by atoms with Gasteiger partial charge in [0.25, 0.3) is 0 Å². The zero-order chi connectivity index (χ0) is 13.7. The fourth-order valence-corrected chi connectivity index (χ4v) is 3.47. The number of benzene rings is 1. The van der Waals surface area contributed by atoms with Gasteiger partial charge < -0.3 is 10.2 Å². The number of halogens is 1. The number of rotatable bonds is 6. The molecule has 0 bridgehead atoms. The smallest absolute Gasteiger partial charge is 0.0343 e. The molecule has 19 heavy (non-hydrogen) atoms. The zero-order valence-electron chi connectivity index (χ0n) is 12.0. The number of likely N-dealkylation sites (tertiary alicyclic amines) is 1. The summed E-state index contributed by atoms with van der Waals surface area (Å²) in [5.74, 6) is 0.876. The molecule has 0 spiro atoms. The highest BCUT2D eigenvalue weighted by atomic mass is 79.9. The highest BCUT2D eigenvalue weighted by molar-refractivity contribution is 9.10. The fourth-order valence-electron chi connectivity index (χ4n) is 2.91. The van der Waals surface area contributed by atoms with Gasteiger partial charge in [0.05, 0.1) is 0 Å². The molecule has 3 heteroatoms. The lowest BCUT2D eigenvalue weighted by Crippen LogP contribution is -2.28. The second kappa shape index (κ2) is 7.41. The molecule has 1 heterocycles. The van der Waals surface area contributed by atoms with Crippen LogP contribution < -0.4 is 5.32 Å². The molecule has 1 N–H and O–H groups in total. The first-order valence-corrected chi connectivity index (χ1v) is 8.20. The van der Waals surface area contributed by atoms with Gasteiger partial charge in [-0.3, -0.25) is 0 Å². The topological polar surface area (TPSA) is 15.3 Å². The lowest BCUT2D eigenvalue weighted by Gasteiger charge is -2.23. The van der Waals surface area contributed by atoms with E-state index >= 15 is 0 Å². The van der Waals surface area contributed by atoms with E-state index < -0.39 is 0 Å². The van der Waals surface area contributed by atoms with Crippen molar-refractivity contribution in [2.24, 2.45) is 5.92 Å². The predicted molar refractivity (Wildman–Crippen MR) is 85.4 cm³/mol. The third-order valence-corrected chi connectivity index (χ3v) is 4.70. The Labute approximate surface area is 125 Å². The Kier molecular flexibility index (Phi) is 5.86. The van der Waals surface area contributed by atoms with E-state index in [1.165, 1.54) is 42.5 Å². The van der Waals surface area contributed by atoms with Crippen molar-refractivity contribution in [3.8, 4) is 0 Å².